The monoisotopic (exact) mass is 268 g/mol. The van der Waals surface area contributed by atoms with E-state index in [-0.39, 0.29) is 12.2 Å². The van der Waals surface area contributed by atoms with Gasteiger partial charge in [0, 0.05) is 5.57 Å². The van der Waals surface area contributed by atoms with E-state index in [1.807, 2.05) is 21.1 Å². The van der Waals surface area contributed by atoms with Gasteiger partial charge < -0.3 is 9.38 Å². The van der Waals surface area contributed by atoms with E-state index in [4.69, 9.17) is 4.89 Å². The van der Waals surface area contributed by atoms with Crippen molar-refractivity contribution >= 4 is 13.8 Å². The van der Waals surface area contributed by atoms with Gasteiger partial charge in [0.15, 0.2) is 0 Å². The lowest BCUT2D eigenvalue weighted by molar-refractivity contribution is -0.870. The number of phosphoric ester groups is 1. The van der Waals surface area contributed by atoms with Crippen molar-refractivity contribution in [3.05, 3.63) is 12.2 Å². The third-order valence-electron chi connectivity index (χ3n) is 1.57. The molecule has 0 spiro atoms. The molecule has 8 heteroatoms. The van der Waals surface area contributed by atoms with Gasteiger partial charge in [-0.05, 0) is 6.92 Å². The molecule has 0 aromatic rings. The lowest BCUT2D eigenvalue weighted by Gasteiger charge is -2.23. The maximum absolute atomic E-state index is 11.2. The van der Waals surface area contributed by atoms with Crippen molar-refractivity contribution < 1.29 is 32.8 Å². The van der Waals surface area contributed by atoms with Crippen LogP contribution in [0.2, 0.25) is 0 Å². The number of hydrogen-bond donors (Lipinski definition) is 1. The second-order valence-electron chi connectivity index (χ2n) is 4.54. The van der Waals surface area contributed by atoms with Crippen LogP contribution < -0.4 is 0 Å². The van der Waals surface area contributed by atoms with Gasteiger partial charge in [0.1, 0.15) is 13.2 Å². The molecule has 0 saturated heterocycles. The van der Waals surface area contributed by atoms with Crippen LogP contribution in [0.1, 0.15) is 6.92 Å². The van der Waals surface area contributed by atoms with E-state index < -0.39 is 13.8 Å². The molecule has 0 aromatic carbocycles. The first kappa shape index (κ1) is 16.3. The Kier molecular flexibility index (Phi) is 6.01. The zero-order valence-corrected chi connectivity index (χ0v) is 11.4. The number of quaternary nitrogens is 1. The summed E-state index contributed by atoms with van der Waals surface area (Å²) in [5, 5.41) is 0. The van der Waals surface area contributed by atoms with Gasteiger partial charge in [0.05, 0.1) is 21.1 Å². The van der Waals surface area contributed by atoms with Crippen LogP contribution in [0.5, 0.6) is 0 Å². The summed E-state index contributed by atoms with van der Waals surface area (Å²) in [7, 11) is 1.32. The summed E-state index contributed by atoms with van der Waals surface area (Å²) in [6.07, 6.45) is 0. The highest BCUT2D eigenvalue weighted by Gasteiger charge is 2.26. The van der Waals surface area contributed by atoms with Crippen LogP contribution in [0.25, 0.3) is 0 Å². The zero-order chi connectivity index (χ0) is 13.7. The molecule has 0 fully saturated rings. The van der Waals surface area contributed by atoms with Gasteiger partial charge in [-0.1, -0.05) is 11.3 Å². The second-order valence-corrected chi connectivity index (χ2v) is 5.89. The molecular weight excluding hydrogens is 249 g/mol. The molecule has 0 amide bonds. The summed E-state index contributed by atoms with van der Waals surface area (Å²) in [5.74, 6) is -0.922. The molecule has 0 saturated carbocycles. The Morgan fingerprint density at radius 3 is 2.35 bits per heavy atom. The summed E-state index contributed by atoms with van der Waals surface area (Å²) in [4.78, 5) is 24.1. The predicted molar refractivity (Wildman–Crippen MR) is 60.7 cm³/mol. The van der Waals surface area contributed by atoms with Crippen molar-refractivity contribution in [3.8, 4) is 0 Å². The Balaban J connectivity index is 4.01. The Morgan fingerprint density at radius 2 is 1.94 bits per heavy atom. The van der Waals surface area contributed by atoms with Crippen LogP contribution in [-0.2, 0) is 23.4 Å². The van der Waals surface area contributed by atoms with Crippen LogP contribution in [0, 0.1) is 0 Å². The minimum atomic E-state index is -4.37. The molecule has 0 rings (SSSR count). The number of likely N-dealkylation sites (N-methyl/N-ethyl adjacent to an activating group) is 1. The van der Waals surface area contributed by atoms with Crippen molar-refractivity contribution in [2.24, 2.45) is 0 Å². The van der Waals surface area contributed by atoms with E-state index in [1.54, 1.807) is 0 Å². The summed E-state index contributed by atoms with van der Waals surface area (Å²) in [6.45, 7) is 5.17. The van der Waals surface area contributed by atoms with Crippen LogP contribution >= 0.6 is 7.82 Å². The normalized spacial score (nSPS) is 15.1. The SMILES string of the molecule is C=C(C)C(=O)OOP(=O)(O)OCC[N+](C)(C)C. The minimum absolute atomic E-state index is 0.00188. The highest BCUT2D eigenvalue weighted by atomic mass is 31.2. The van der Waals surface area contributed by atoms with Crippen LogP contribution in [0.4, 0.5) is 0 Å². The molecule has 0 aliphatic carbocycles. The summed E-state index contributed by atoms with van der Waals surface area (Å²) >= 11 is 0. The Labute approximate surface area is 101 Å². The molecule has 1 atom stereocenters. The third kappa shape index (κ3) is 9.02. The molecule has 1 unspecified atom stereocenters. The number of hydrogen-bond acceptors (Lipinski definition) is 5. The molecule has 0 radical (unpaired) electrons. The average Bonchev–Trinajstić information content (AvgIpc) is 2.11. The highest BCUT2D eigenvalue weighted by molar-refractivity contribution is 7.47. The summed E-state index contributed by atoms with van der Waals surface area (Å²) < 4.78 is 20.4. The lowest BCUT2D eigenvalue weighted by Crippen LogP contribution is -2.37. The highest BCUT2D eigenvalue weighted by Crippen LogP contribution is 2.43. The molecule has 7 nitrogen and oxygen atoms in total. The Hall–Kier alpha value is -0.720. The number of carbonyl (C=O) groups excluding carboxylic acids is 1. The van der Waals surface area contributed by atoms with Gasteiger partial charge in [-0.2, -0.15) is 0 Å². The van der Waals surface area contributed by atoms with Crippen molar-refractivity contribution in [1.29, 1.82) is 0 Å². The maximum Gasteiger partial charge on any atom is 0.508 e. The van der Waals surface area contributed by atoms with E-state index in [0.717, 1.165) is 0 Å². The first-order valence-electron chi connectivity index (χ1n) is 4.87. The maximum atomic E-state index is 11.2. The fourth-order valence-corrected chi connectivity index (χ4v) is 1.12. The topological polar surface area (TPSA) is 82.1 Å². The third-order valence-corrected chi connectivity index (χ3v) is 2.34. The molecule has 0 bridgehead atoms. The largest absolute Gasteiger partial charge is 0.508 e. The van der Waals surface area contributed by atoms with Crippen molar-refractivity contribution in [3.63, 3.8) is 0 Å². The number of phosphoric acid groups is 1. The van der Waals surface area contributed by atoms with E-state index >= 15 is 0 Å². The van der Waals surface area contributed by atoms with Crippen LogP contribution in [0.15, 0.2) is 12.2 Å². The van der Waals surface area contributed by atoms with Gasteiger partial charge in [-0.25, -0.2) is 9.36 Å². The van der Waals surface area contributed by atoms with Crippen LogP contribution in [0.3, 0.4) is 0 Å². The van der Waals surface area contributed by atoms with Crippen molar-refractivity contribution in [1.82, 2.24) is 0 Å². The number of rotatable bonds is 7. The molecule has 0 aromatic heterocycles. The molecule has 1 N–H and O–H groups in total. The summed E-state index contributed by atoms with van der Waals surface area (Å²) in [5.41, 5.74) is 0.0522. The molecule has 17 heavy (non-hydrogen) atoms. The van der Waals surface area contributed by atoms with Gasteiger partial charge in [-0.3, -0.25) is 9.41 Å². The molecule has 100 valence electrons. The first-order chi connectivity index (χ1) is 7.53. The van der Waals surface area contributed by atoms with Gasteiger partial charge in [-0.15, -0.1) is 0 Å². The summed E-state index contributed by atoms with van der Waals surface area (Å²) in [6, 6.07) is 0. The molecule has 0 heterocycles. The van der Waals surface area contributed by atoms with E-state index in [1.165, 1.54) is 6.92 Å². The smallest absolute Gasteiger partial charge is 0.329 e. The van der Waals surface area contributed by atoms with Gasteiger partial charge in [0.25, 0.3) is 0 Å². The molecular formula is C9H19NO6P+. The average molecular weight is 268 g/mol. The van der Waals surface area contributed by atoms with Gasteiger partial charge >= 0.3 is 13.8 Å². The van der Waals surface area contributed by atoms with Crippen LogP contribution in [-0.4, -0.2) is 49.6 Å². The number of nitrogens with zero attached hydrogens (tertiary/aromatic N) is 1. The predicted octanol–water partition coefficient (Wildman–Crippen LogP) is 0.860. The van der Waals surface area contributed by atoms with E-state index in [9.17, 15) is 9.36 Å². The second kappa shape index (κ2) is 6.28. The fourth-order valence-electron chi connectivity index (χ4n) is 0.604. The number of carbonyl (C=O) groups is 1. The van der Waals surface area contributed by atoms with Crippen molar-refractivity contribution in [2.45, 2.75) is 6.92 Å². The molecule has 0 aliphatic rings. The Bertz CT molecular complexity index is 335. The quantitative estimate of drug-likeness (QED) is 0.242. The lowest BCUT2D eigenvalue weighted by atomic mass is 10.4. The first-order valence-corrected chi connectivity index (χ1v) is 6.37. The minimum Gasteiger partial charge on any atom is -0.329 e. The Morgan fingerprint density at radius 1 is 1.41 bits per heavy atom. The van der Waals surface area contributed by atoms with Crippen molar-refractivity contribution in [2.75, 3.05) is 34.3 Å². The standard InChI is InChI=1S/C9H18NO6P/c1-8(2)9(11)15-16-17(12,13)14-7-6-10(3,4)5/h1,6-7H2,2-5H3/p+1. The van der Waals surface area contributed by atoms with Gasteiger partial charge in [0.2, 0.25) is 0 Å². The van der Waals surface area contributed by atoms with E-state index in [2.05, 4.69) is 20.7 Å². The zero-order valence-electron chi connectivity index (χ0n) is 10.5. The molecule has 0 aliphatic heterocycles. The van der Waals surface area contributed by atoms with E-state index in [0.29, 0.717) is 11.0 Å². The fraction of sp³-hybridized carbons (Fsp3) is 0.667.